The summed E-state index contributed by atoms with van der Waals surface area (Å²) in [6.45, 7) is 6.97. The van der Waals surface area contributed by atoms with Gasteiger partial charge in [0.15, 0.2) is 5.96 Å². The van der Waals surface area contributed by atoms with E-state index < -0.39 is 0 Å². The molecule has 1 aromatic carbocycles. The van der Waals surface area contributed by atoms with Crippen molar-refractivity contribution in [3.05, 3.63) is 28.2 Å². The van der Waals surface area contributed by atoms with Gasteiger partial charge in [-0.15, -0.1) is 24.0 Å². The standard InChI is InChI=1S/C20H32BrN3O3.HI/c1-4-22-20(23-15-16-14-17(21)6-7-19(16)26-3)24-10-8-18(9-11-24)27-13-5-12-25-2;/h6-7,14,18H,4-5,8-13,15H2,1-3H3,(H,22,23);1H. The van der Waals surface area contributed by atoms with Crippen molar-refractivity contribution >= 4 is 45.9 Å². The first-order chi connectivity index (χ1) is 13.2. The van der Waals surface area contributed by atoms with E-state index in [1.54, 1.807) is 14.2 Å². The Kier molecular flexibility index (Phi) is 13.1. The van der Waals surface area contributed by atoms with Crippen LogP contribution in [0.15, 0.2) is 27.7 Å². The first kappa shape index (κ1) is 25.5. The number of hydrogen-bond donors (Lipinski definition) is 1. The Morgan fingerprint density at radius 1 is 1.25 bits per heavy atom. The van der Waals surface area contributed by atoms with Crippen LogP contribution < -0.4 is 10.1 Å². The van der Waals surface area contributed by atoms with Crippen LogP contribution in [0.25, 0.3) is 0 Å². The molecule has 1 aliphatic rings. The highest BCUT2D eigenvalue weighted by molar-refractivity contribution is 14.0. The molecule has 1 N–H and O–H groups in total. The molecular weight excluding hydrogens is 537 g/mol. The molecule has 0 saturated carbocycles. The summed E-state index contributed by atoms with van der Waals surface area (Å²) >= 11 is 3.52. The average Bonchev–Trinajstić information content (AvgIpc) is 2.69. The number of ether oxygens (including phenoxy) is 3. The van der Waals surface area contributed by atoms with E-state index in [1.807, 2.05) is 12.1 Å². The van der Waals surface area contributed by atoms with Crippen molar-refractivity contribution in [2.45, 2.75) is 38.8 Å². The predicted molar refractivity (Wildman–Crippen MR) is 128 cm³/mol. The first-order valence-corrected chi connectivity index (χ1v) is 10.4. The summed E-state index contributed by atoms with van der Waals surface area (Å²) in [6, 6.07) is 6.01. The van der Waals surface area contributed by atoms with Crippen molar-refractivity contribution in [2.75, 3.05) is 47.1 Å². The van der Waals surface area contributed by atoms with E-state index in [4.69, 9.17) is 19.2 Å². The summed E-state index contributed by atoms with van der Waals surface area (Å²) in [6.07, 6.45) is 3.34. The fourth-order valence-electron chi connectivity index (χ4n) is 3.14. The molecule has 0 radical (unpaired) electrons. The third-order valence-corrected chi connectivity index (χ3v) is 5.06. The van der Waals surface area contributed by atoms with Crippen LogP contribution in [0.4, 0.5) is 0 Å². The highest BCUT2D eigenvalue weighted by Gasteiger charge is 2.22. The Hall–Kier alpha value is -0.580. The Morgan fingerprint density at radius 3 is 2.64 bits per heavy atom. The second-order valence-electron chi connectivity index (χ2n) is 6.53. The minimum absolute atomic E-state index is 0. The van der Waals surface area contributed by atoms with E-state index >= 15 is 0 Å². The third kappa shape index (κ3) is 8.42. The summed E-state index contributed by atoms with van der Waals surface area (Å²) in [5.41, 5.74) is 1.07. The lowest BCUT2D eigenvalue weighted by molar-refractivity contribution is 0.00990. The smallest absolute Gasteiger partial charge is 0.194 e. The van der Waals surface area contributed by atoms with E-state index in [1.165, 1.54) is 0 Å². The highest BCUT2D eigenvalue weighted by atomic mass is 127. The van der Waals surface area contributed by atoms with Crippen LogP contribution in [-0.4, -0.2) is 64.0 Å². The molecule has 0 aromatic heterocycles. The molecule has 0 unspecified atom stereocenters. The van der Waals surface area contributed by atoms with Gasteiger partial charge in [-0.3, -0.25) is 0 Å². The molecule has 8 heteroatoms. The number of benzene rings is 1. The Bertz CT molecular complexity index is 596. The number of piperidine rings is 1. The van der Waals surface area contributed by atoms with Gasteiger partial charge in [-0.25, -0.2) is 4.99 Å². The zero-order valence-corrected chi connectivity index (χ0v) is 21.0. The molecule has 28 heavy (non-hydrogen) atoms. The number of methoxy groups -OCH3 is 2. The van der Waals surface area contributed by atoms with E-state index in [-0.39, 0.29) is 24.0 Å². The maximum Gasteiger partial charge on any atom is 0.194 e. The fraction of sp³-hybridized carbons (Fsp3) is 0.650. The fourth-order valence-corrected chi connectivity index (χ4v) is 3.55. The molecule has 160 valence electrons. The van der Waals surface area contributed by atoms with E-state index in [9.17, 15) is 0 Å². The number of nitrogens with zero attached hydrogens (tertiary/aromatic N) is 2. The molecule has 6 nitrogen and oxygen atoms in total. The molecule has 1 fully saturated rings. The Labute approximate surface area is 194 Å². The monoisotopic (exact) mass is 569 g/mol. The van der Waals surface area contributed by atoms with Gasteiger partial charge in [-0.05, 0) is 44.4 Å². The van der Waals surface area contributed by atoms with Gasteiger partial charge in [0.2, 0.25) is 0 Å². The molecule has 0 atom stereocenters. The van der Waals surface area contributed by atoms with Gasteiger partial charge in [-0.2, -0.15) is 0 Å². The van der Waals surface area contributed by atoms with E-state index in [2.05, 4.69) is 39.1 Å². The van der Waals surface area contributed by atoms with Crippen molar-refractivity contribution in [1.29, 1.82) is 0 Å². The molecular formula is C20H33BrIN3O3. The molecule has 2 rings (SSSR count). The molecule has 0 amide bonds. The van der Waals surface area contributed by atoms with Gasteiger partial charge in [0.1, 0.15) is 5.75 Å². The second-order valence-corrected chi connectivity index (χ2v) is 7.45. The zero-order valence-electron chi connectivity index (χ0n) is 17.1. The normalized spacial score (nSPS) is 15.3. The molecule has 0 bridgehead atoms. The van der Waals surface area contributed by atoms with Crippen LogP contribution in [0.5, 0.6) is 5.75 Å². The molecule has 0 aliphatic carbocycles. The van der Waals surface area contributed by atoms with Gasteiger partial charge in [0.25, 0.3) is 0 Å². The number of nitrogens with one attached hydrogen (secondary N) is 1. The number of rotatable bonds is 9. The van der Waals surface area contributed by atoms with Gasteiger partial charge < -0.3 is 24.4 Å². The van der Waals surface area contributed by atoms with Crippen LogP contribution in [0.2, 0.25) is 0 Å². The minimum Gasteiger partial charge on any atom is -0.496 e. The van der Waals surface area contributed by atoms with Crippen LogP contribution >= 0.6 is 39.9 Å². The van der Waals surface area contributed by atoms with Crippen molar-refractivity contribution in [3.63, 3.8) is 0 Å². The highest BCUT2D eigenvalue weighted by Crippen LogP contribution is 2.24. The lowest BCUT2D eigenvalue weighted by Gasteiger charge is -2.34. The minimum atomic E-state index is 0. The van der Waals surface area contributed by atoms with Crippen molar-refractivity contribution in [3.8, 4) is 5.75 Å². The third-order valence-electron chi connectivity index (χ3n) is 4.56. The van der Waals surface area contributed by atoms with Crippen molar-refractivity contribution in [2.24, 2.45) is 4.99 Å². The van der Waals surface area contributed by atoms with E-state index in [0.29, 0.717) is 12.6 Å². The number of aliphatic imine (C=N–C) groups is 1. The summed E-state index contributed by atoms with van der Waals surface area (Å²) in [4.78, 5) is 7.16. The van der Waals surface area contributed by atoms with Crippen molar-refractivity contribution in [1.82, 2.24) is 10.2 Å². The average molecular weight is 570 g/mol. The maximum atomic E-state index is 5.96. The topological polar surface area (TPSA) is 55.3 Å². The summed E-state index contributed by atoms with van der Waals surface area (Å²) < 4.78 is 17.5. The molecule has 1 heterocycles. The Morgan fingerprint density at radius 2 is 2.00 bits per heavy atom. The van der Waals surface area contributed by atoms with Gasteiger partial charge in [-0.1, -0.05) is 15.9 Å². The molecule has 1 saturated heterocycles. The van der Waals surface area contributed by atoms with Gasteiger partial charge in [0.05, 0.1) is 19.8 Å². The molecule has 1 aromatic rings. The maximum absolute atomic E-state index is 5.96. The van der Waals surface area contributed by atoms with Crippen LogP contribution in [-0.2, 0) is 16.0 Å². The summed E-state index contributed by atoms with van der Waals surface area (Å²) in [5, 5.41) is 3.42. The zero-order chi connectivity index (χ0) is 19.5. The SMILES string of the molecule is CCNC(=NCc1cc(Br)ccc1OC)N1CCC(OCCCOC)CC1.I. The molecule has 0 spiro atoms. The first-order valence-electron chi connectivity index (χ1n) is 9.64. The molecule has 1 aliphatic heterocycles. The number of halogens is 2. The number of guanidine groups is 1. The summed E-state index contributed by atoms with van der Waals surface area (Å²) in [5.74, 6) is 1.82. The quantitative estimate of drug-likeness (QED) is 0.210. The van der Waals surface area contributed by atoms with Crippen LogP contribution in [0.1, 0.15) is 31.7 Å². The van der Waals surface area contributed by atoms with Gasteiger partial charge in [0, 0.05) is 50.0 Å². The largest absolute Gasteiger partial charge is 0.496 e. The van der Waals surface area contributed by atoms with E-state index in [0.717, 1.165) is 73.9 Å². The van der Waals surface area contributed by atoms with Crippen molar-refractivity contribution < 1.29 is 14.2 Å². The number of likely N-dealkylation sites (tertiary alicyclic amines) is 1. The second kappa shape index (κ2) is 14.4. The summed E-state index contributed by atoms with van der Waals surface area (Å²) in [7, 11) is 3.42. The predicted octanol–water partition coefficient (Wildman–Crippen LogP) is 4.06. The van der Waals surface area contributed by atoms with Crippen LogP contribution in [0.3, 0.4) is 0 Å². The lowest BCUT2D eigenvalue weighted by Crippen LogP contribution is -2.47. The number of hydrogen-bond acceptors (Lipinski definition) is 4. The Balaban J connectivity index is 0.00000392. The van der Waals surface area contributed by atoms with Crippen LogP contribution in [0, 0.1) is 0 Å². The lowest BCUT2D eigenvalue weighted by atomic mass is 10.1. The van der Waals surface area contributed by atoms with Gasteiger partial charge >= 0.3 is 0 Å².